The van der Waals surface area contributed by atoms with Crippen molar-refractivity contribution in [2.45, 2.75) is 53.7 Å². The summed E-state index contributed by atoms with van der Waals surface area (Å²) in [5.41, 5.74) is 4.14. The number of nitrogens with one attached hydrogen (secondary N) is 1. The average Bonchev–Trinajstić information content (AvgIpc) is 3.42. The molecule has 6 nitrogen and oxygen atoms in total. The minimum absolute atomic E-state index is 0.0344. The summed E-state index contributed by atoms with van der Waals surface area (Å²) in [7, 11) is 0. The van der Waals surface area contributed by atoms with Crippen LogP contribution in [0.25, 0.3) is 0 Å². The molecule has 50 heavy (non-hydrogen) atoms. The second-order valence-corrected chi connectivity index (χ2v) is 14.7. The summed E-state index contributed by atoms with van der Waals surface area (Å²) in [4.78, 5) is 35.6. The van der Waals surface area contributed by atoms with Crippen LogP contribution in [0.4, 0.5) is 18.9 Å². The number of fused-ring (bicyclic) bond motifs is 3. The first kappa shape index (κ1) is 34.5. The number of amides is 2. The van der Waals surface area contributed by atoms with E-state index in [1.54, 1.807) is 11.8 Å². The van der Waals surface area contributed by atoms with Crippen LogP contribution in [0.2, 0.25) is 5.02 Å². The van der Waals surface area contributed by atoms with E-state index in [0.717, 1.165) is 82.4 Å². The molecular weight excluding hydrogens is 681 g/mol. The van der Waals surface area contributed by atoms with Gasteiger partial charge in [-0.25, -0.2) is 0 Å². The zero-order valence-corrected chi connectivity index (χ0v) is 29.1. The Hall–Kier alpha value is -3.99. The van der Waals surface area contributed by atoms with Crippen LogP contribution in [-0.4, -0.2) is 67.1 Å². The van der Waals surface area contributed by atoms with Gasteiger partial charge in [0.1, 0.15) is 12.0 Å². The molecule has 7 rings (SSSR count). The third-order valence-electron chi connectivity index (χ3n) is 10.00. The van der Waals surface area contributed by atoms with Crippen molar-refractivity contribution in [3.8, 4) is 0 Å². The van der Waals surface area contributed by atoms with E-state index >= 15 is 0 Å². The number of piperazine rings is 1. The average molecular weight is 719 g/mol. The Labute approximate surface area is 299 Å². The molecule has 0 radical (unpaired) electrons. The summed E-state index contributed by atoms with van der Waals surface area (Å²) in [5, 5.41) is 2.90. The van der Waals surface area contributed by atoms with Gasteiger partial charge in [-0.15, -0.1) is 0 Å². The van der Waals surface area contributed by atoms with E-state index in [1.165, 1.54) is 0 Å². The minimum Gasteiger partial charge on any atom is -0.369 e. The lowest BCUT2D eigenvalue weighted by molar-refractivity contribution is -0.141. The largest absolute Gasteiger partial charge is 0.405 e. The van der Waals surface area contributed by atoms with E-state index < -0.39 is 24.0 Å². The van der Waals surface area contributed by atoms with Crippen molar-refractivity contribution in [2.75, 3.05) is 44.2 Å². The summed E-state index contributed by atoms with van der Waals surface area (Å²) < 4.78 is 39.8. The van der Waals surface area contributed by atoms with Gasteiger partial charge in [0, 0.05) is 65.3 Å². The van der Waals surface area contributed by atoms with Gasteiger partial charge in [-0.2, -0.15) is 13.2 Å². The molecule has 260 valence electrons. The van der Waals surface area contributed by atoms with Crippen molar-refractivity contribution in [1.29, 1.82) is 0 Å². The molecule has 0 saturated carbocycles. The van der Waals surface area contributed by atoms with Crippen molar-refractivity contribution in [3.63, 3.8) is 0 Å². The lowest BCUT2D eigenvalue weighted by Gasteiger charge is -2.40. The highest BCUT2D eigenvalue weighted by Crippen LogP contribution is 2.51. The van der Waals surface area contributed by atoms with Crippen LogP contribution in [0.3, 0.4) is 0 Å². The molecule has 1 N–H and O–H groups in total. The molecule has 0 spiro atoms. The summed E-state index contributed by atoms with van der Waals surface area (Å²) in [5.74, 6) is -0.573. The third kappa shape index (κ3) is 7.11. The highest BCUT2D eigenvalue weighted by Gasteiger charge is 2.47. The molecule has 0 aromatic heterocycles. The predicted molar refractivity (Wildman–Crippen MR) is 191 cm³/mol. The normalized spacial score (nSPS) is 16.9. The number of carbonyl (C=O) groups is 2. The predicted octanol–water partition coefficient (Wildman–Crippen LogP) is 7.92. The van der Waals surface area contributed by atoms with Crippen molar-refractivity contribution >= 4 is 40.9 Å². The molecule has 1 saturated heterocycles. The van der Waals surface area contributed by atoms with Crippen LogP contribution in [-0.2, 0) is 23.3 Å². The number of halogens is 4. The molecule has 4 aromatic rings. The van der Waals surface area contributed by atoms with Gasteiger partial charge in [-0.1, -0.05) is 84.4 Å². The van der Waals surface area contributed by atoms with E-state index in [9.17, 15) is 22.8 Å². The molecule has 0 unspecified atom stereocenters. The maximum atomic E-state index is 13.9. The molecule has 3 heterocycles. The van der Waals surface area contributed by atoms with E-state index in [1.807, 2.05) is 83.8 Å². The second-order valence-electron chi connectivity index (χ2n) is 13.2. The Morgan fingerprint density at radius 2 is 1.56 bits per heavy atom. The van der Waals surface area contributed by atoms with E-state index in [-0.39, 0.29) is 5.91 Å². The highest BCUT2D eigenvalue weighted by atomic mass is 35.5. The SMILES string of the molecule is O=C1c2cc(N3CCN(CCCCC4(C(=O)NCC(F)(F)F)c5ccccc5Sc5ccccc54)CC3)ccc2CN1Cc1cccc(Cl)c1. The molecular formula is C39H38ClF3N4O2S. The molecule has 4 aromatic carbocycles. The molecule has 3 aliphatic rings. The maximum Gasteiger partial charge on any atom is 0.405 e. The van der Waals surface area contributed by atoms with Crippen LogP contribution in [0.1, 0.15) is 51.9 Å². The lowest BCUT2D eigenvalue weighted by atomic mass is 9.69. The highest BCUT2D eigenvalue weighted by molar-refractivity contribution is 7.99. The minimum atomic E-state index is -4.51. The number of hydrogen-bond acceptors (Lipinski definition) is 5. The van der Waals surface area contributed by atoms with Gasteiger partial charge >= 0.3 is 6.18 Å². The quantitative estimate of drug-likeness (QED) is 0.169. The van der Waals surface area contributed by atoms with Gasteiger partial charge < -0.3 is 15.1 Å². The third-order valence-corrected chi connectivity index (χ3v) is 11.4. The number of unbranched alkanes of at least 4 members (excludes halogenated alkanes) is 1. The molecule has 0 bridgehead atoms. The van der Waals surface area contributed by atoms with Crippen LogP contribution in [0.15, 0.2) is 101 Å². The van der Waals surface area contributed by atoms with Gasteiger partial charge in [0.05, 0.1) is 0 Å². The van der Waals surface area contributed by atoms with Crippen LogP contribution in [0.5, 0.6) is 0 Å². The van der Waals surface area contributed by atoms with E-state index in [2.05, 4.69) is 27.2 Å². The fourth-order valence-corrected chi connectivity index (χ4v) is 8.97. The van der Waals surface area contributed by atoms with Crippen molar-refractivity contribution < 1.29 is 22.8 Å². The van der Waals surface area contributed by atoms with Crippen molar-refractivity contribution in [1.82, 2.24) is 15.1 Å². The number of rotatable bonds is 10. The van der Waals surface area contributed by atoms with Crippen LogP contribution < -0.4 is 10.2 Å². The smallest absolute Gasteiger partial charge is 0.369 e. The molecule has 2 amide bonds. The topological polar surface area (TPSA) is 55.9 Å². The first-order valence-corrected chi connectivity index (χ1v) is 18.2. The first-order chi connectivity index (χ1) is 24.1. The van der Waals surface area contributed by atoms with Gasteiger partial charge in [0.25, 0.3) is 5.91 Å². The second kappa shape index (κ2) is 14.3. The van der Waals surface area contributed by atoms with Gasteiger partial charge in [-0.05, 0) is 78.0 Å². The zero-order chi connectivity index (χ0) is 34.9. The fourth-order valence-electron chi connectivity index (χ4n) is 7.52. The number of carbonyl (C=O) groups excluding carboxylic acids is 2. The molecule has 3 aliphatic heterocycles. The van der Waals surface area contributed by atoms with E-state index in [4.69, 9.17) is 11.6 Å². The number of nitrogens with zero attached hydrogens (tertiary/aromatic N) is 3. The lowest BCUT2D eigenvalue weighted by Crippen LogP contribution is -2.49. The van der Waals surface area contributed by atoms with E-state index in [0.29, 0.717) is 31.0 Å². The first-order valence-electron chi connectivity index (χ1n) is 17.0. The van der Waals surface area contributed by atoms with Gasteiger partial charge in [-0.3, -0.25) is 14.5 Å². The molecule has 0 atom stereocenters. The van der Waals surface area contributed by atoms with Crippen LogP contribution >= 0.6 is 23.4 Å². The summed E-state index contributed by atoms with van der Waals surface area (Å²) in [6, 6.07) is 28.9. The Morgan fingerprint density at radius 1 is 0.860 bits per heavy atom. The number of hydrogen-bond donors (Lipinski definition) is 1. The zero-order valence-electron chi connectivity index (χ0n) is 27.5. The summed E-state index contributed by atoms with van der Waals surface area (Å²) >= 11 is 7.71. The summed E-state index contributed by atoms with van der Waals surface area (Å²) in [6.07, 6.45) is -2.62. The number of benzene rings is 4. The number of alkyl halides is 3. The van der Waals surface area contributed by atoms with Gasteiger partial charge in [0.15, 0.2) is 0 Å². The fraction of sp³-hybridized carbons (Fsp3) is 0.333. The maximum absolute atomic E-state index is 13.9. The van der Waals surface area contributed by atoms with Gasteiger partial charge in [0.2, 0.25) is 5.91 Å². The standard InChI is InChI=1S/C39H38ClF3N4O2S/c40-29-9-7-8-27(22-29)24-47-25-28-14-15-30(23-31(28)36(47)48)46-20-18-45(19-21-46)17-6-5-16-38(37(49)44-26-39(41,42)43)32-10-1-3-12-34(32)50-35-13-4-2-11-33(35)38/h1-4,7-15,22-23H,5-6,16-21,24-26H2,(H,44,49). The van der Waals surface area contributed by atoms with Crippen molar-refractivity contribution in [3.05, 3.63) is 124 Å². The monoisotopic (exact) mass is 718 g/mol. The summed E-state index contributed by atoms with van der Waals surface area (Å²) in [6.45, 7) is 3.90. The Kier molecular flexibility index (Phi) is 9.87. The Balaban J connectivity index is 0.974. The molecule has 1 fully saturated rings. The van der Waals surface area contributed by atoms with Crippen LogP contribution in [0, 0.1) is 0 Å². The van der Waals surface area contributed by atoms with Crippen molar-refractivity contribution in [2.24, 2.45) is 0 Å². The Bertz CT molecular complexity index is 1850. The number of anilines is 1. The Morgan fingerprint density at radius 3 is 2.24 bits per heavy atom. The molecule has 11 heteroatoms. The molecule has 0 aliphatic carbocycles.